The lowest BCUT2D eigenvalue weighted by atomic mass is 10.2. The summed E-state index contributed by atoms with van der Waals surface area (Å²) in [6.07, 6.45) is 4.16. The van der Waals surface area contributed by atoms with E-state index in [-0.39, 0.29) is 4.91 Å². The average Bonchev–Trinajstić information content (AvgIpc) is 2.22. The molecule has 0 bridgehead atoms. The zero-order valence-corrected chi connectivity index (χ0v) is 11.9. The van der Waals surface area contributed by atoms with Crippen molar-refractivity contribution in [1.82, 2.24) is 0 Å². The number of sulfonamides is 1. The van der Waals surface area contributed by atoms with Crippen LogP contribution in [0, 0.1) is 0 Å². The molecule has 3 N–H and O–H groups in total. The van der Waals surface area contributed by atoms with E-state index in [1.54, 1.807) is 13.0 Å². The van der Waals surface area contributed by atoms with Crippen molar-refractivity contribution >= 4 is 49.9 Å². The summed E-state index contributed by atoms with van der Waals surface area (Å²) in [4.78, 5) is 3.35. The Balaban J connectivity index is 3.48. The van der Waals surface area contributed by atoms with Gasteiger partial charge in [0.1, 0.15) is 4.91 Å². The van der Waals surface area contributed by atoms with E-state index in [4.69, 9.17) is 9.69 Å². The first-order valence-corrected chi connectivity index (χ1v) is 7.68. The fourth-order valence-corrected chi connectivity index (χ4v) is 2.76. The van der Waals surface area contributed by atoms with E-state index in [9.17, 15) is 12.6 Å². The quantitative estimate of drug-likeness (QED) is 0.415. The Morgan fingerprint density at radius 2 is 2.19 bits per heavy atom. The summed E-state index contributed by atoms with van der Waals surface area (Å²) in [6, 6.07) is 0. The molecular weight excluding hydrogens is 367 g/mol. The summed E-state index contributed by atoms with van der Waals surface area (Å²) in [5.41, 5.74) is 0. The molecule has 0 radical (unpaired) electrons. The van der Waals surface area contributed by atoms with Crippen LogP contribution in [0.1, 0.15) is 6.92 Å². The van der Waals surface area contributed by atoms with Crippen LogP contribution in [0.5, 0.6) is 0 Å². The fourth-order valence-electron chi connectivity index (χ4n) is 0.948. The lowest BCUT2D eigenvalue weighted by Crippen LogP contribution is -2.17. The number of aliphatic imine (C=N–C) groups is 1. The molecule has 0 spiro atoms. The first kappa shape index (κ1) is 14.0. The third kappa shape index (κ3) is 3.45. The van der Waals surface area contributed by atoms with E-state index in [1.165, 1.54) is 12.3 Å². The van der Waals surface area contributed by atoms with Gasteiger partial charge in [-0.1, -0.05) is 28.7 Å². The molecule has 1 heterocycles. The summed E-state index contributed by atoms with van der Waals surface area (Å²) in [7, 11) is -4.12. The van der Waals surface area contributed by atoms with Crippen molar-refractivity contribution in [3.63, 3.8) is 0 Å². The van der Waals surface area contributed by atoms with Crippen LogP contribution in [-0.4, -0.2) is 26.8 Å². The van der Waals surface area contributed by atoms with Crippen molar-refractivity contribution in [2.45, 2.75) is 10.3 Å². The highest BCUT2D eigenvalue weighted by molar-refractivity contribution is 14.1. The summed E-state index contributed by atoms with van der Waals surface area (Å²) in [6.45, 7) is 1.76. The Labute approximate surface area is 109 Å². The molecule has 90 valence electrons. The van der Waals surface area contributed by atoms with Crippen LogP contribution in [0.4, 0.5) is 0 Å². The van der Waals surface area contributed by atoms with Crippen molar-refractivity contribution in [3.05, 3.63) is 22.1 Å². The summed E-state index contributed by atoms with van der Waals surface area (Å²) in [5.74, 6) is 0. The number of hydrogen-bond donors (Lipinski definition) is 2. The van der Waals surface area contributed by atoms with Crippen molar-refractivity contribution in [2.24, 2.45) is 10.1 Å². The van der Waals surface area contributed by atoms with Crippen molar-refractivity contribution in [3.8, 4) is 0 Å². The second-order valence-electron chi connectivity index (χ2n) is 3.21. The minimum atomic E-state index is -4.12. The molecule has 16 heavy (non-hydrogen) atoms. The standard InChI is InChI=1S/C7H9IN2O4S2/c1-7(8)3-2-5(15(11)12)6(10-4-7)16(9,13)14/h2-4H,1H3,(H,11,12)(H2,9,13,14). The maximum atomic E-state index is 11.2. The highest BCUT2D eigenvalue weighted by Crippen LogP contribution is 2.25. The van der Waals surface area contributed by atoms with Crippen LogP contribution in [0.3, 0.4) is 0 Å². The maximum absolute atomic E-state index is 11.2. The van der Waals surface area contributed by atoms with Gasteiger partial charge < -0.3 is 4.55 Å². The normalized spacial score (nSPS) is 28.0. The third-order valence-corrected chi connectivity index (χ3v) is 4.00. The van der Waals surface area contributed by atoms with Gasteiger partial charge in [-0.05, 0) is 13.0 Å². The molecule has 0 saturated carbocycles. The largest absolute Gasteiger partial charge is 0.302 e. The van der Waals surface area contributed by atoms with Gasteiger partial charge in [-0.15, -0.1) is 0 Å². The zero-order valence-electron chi connectivity index (χ0n) is 8.12. The van der Waals surface area contributed by atoms with E-state index < -0.39 is 29.6 Å². The Bertz CT molecular complexity index is 519. The lowest BCUT2D eigenvalue weighted by molar-refractivity contribution is 0.571. The van der Waals surface area contributed by atoms with Crippen molar-refractivity contribution < 1.29 is 17.2 Å². The van der Waals surface area contributed by atoms with E-state index in [1.807, 2.05) is 22.6 Å². The van der Waals surface area contributed by atoms with Crippen LogP contribution in [0.2, 0.25) is 0 Å². The van der Waals surface area contributed by atoms with Crippen LogP contribution in [-0.2, 0) is 21.1 Å². The second-order valence-corrected chi connectivity index (χ2v) is 7.95. The molecule has 1 rings (SSSR count). The number of halogens is 1. The molecule has 2 unspecified atom stereocenters. The molecule has 1 aliphatic heterocycles. The minimum Gasteiger partial charge on any atom is -0.302 e. The lowest BCUT2D eigenvalue weighted by Gasteiger charge is -2.08. The monoisotopic (exact) mass is 376 g/mol. The highest BCUT2D eigenvalue weighted by atomic mass is 127. The first-order valence-electron chi connectivity index (χ1n) is 3.95. The van der Waals surface area contributed by atoms with Gasteiger partial charge in [0.15, 0.2) is 16.1 Å². The molecule has 0 aromatic rings. The van der Waals surface area contributed by atoms with E-state index in [0.717, 1.165) is 0 Å². The van der Waals surface area contributed by atoms with E-state index in [2.05, 4.69) is 4.99 Å². The van der Waals surface area contributed by atoms with Gasteiger partial charge in [0.05, 0.1) is 3.42 Å². The Morgan fingerprint density at radius 3 is 2.62 bits per heavy atom. The van der Waals surface area contributed by atoms with Gasteiger partial charge in [0, 0.05) is 6.21 Å². The summed E-state index contributed by atoms with van der Waals surface area (Å²) in [5, 5.41) is 4.34. The molecule has 1 aliphatic rings. The van der Waals surface area contributed by atoms with Crippen LogP contribution in [0.15, 0.2) is 27.1 Å². The van der Waals surface area contributed by atoms with Gasteiger partial charge in [-0.25, -0.2) is 22.8 Å². The van der Waals surface area contributed by atoms with Crippen LogP contribution in [0.25, 0.3) is 0 Å². The molecule has 0 aromatic carbocycles. The van der Waals surface area contributed by atoms with Gasteiger partial charge in [-0.3, -0.25) is 0 Å². The number of nitrogens with two attached hydrogens (primary N) is 1. The van der Waals surface area contributed by atoms with Gasteiger partial charge in [-0.2, -0.15) is 0 Å². The first-order chi connectivity index (χ1) is 7.13. The Kier molecular flexibility index (Phi) is 4.05. The van der Waals surface area contributed by atoms with Crippen molar-refractivity contribution in [1.29, 1.82) is 0 Å². The highest BCUT2D eigenvalue weighted by Gasteiger charge is 2.25. The molecule has 0 saturated heterocycles. The zero-order chi connectivity index (χ0) is 12.6. The van der Waals surface area contributed by atoms with Gasteiger partial charge >= 0.3 is 0 Å². The molecule has 6 nitrogen and oxygen atoms in total. The second kappa shape index (κ2) is 4.64. The fraction of sp³-hybridized carbons (Fsp3) is 0.286. The van der Waals surface area contributed by atoms with E-state index >= 15 is 0 Å². The molecule has 9 heteroatoms. The number of nitrogens with zero attached hydrogens (tertiary/aromatic N) is 1. The maximum Gasteiger partial charge on any atom is 0.256 e. The Morgan fingerprint density at radius 1 is 1.62 bits per heavy atom. The molecule has 2 atom stereocenters. The molecule has 0 aromatic heterocycles. The third-order valence-electron chi connectivity index (χ3n) is 1.66. The predicted octanol–water partition coefficient (Wildman–Crippen LogP) is 0.500. The summed E-state index contributed by atoms with van der Waals surface area (Å²) >= 11 is -0.448. The van der Waals surface area contributed by atoms with Gasteiger partial charge in [0.25, 0.3) is 10.0 Å². The predicted molar refractivity (Wildman–Crippen MR) is 71.0 cm³/mol. The van der Waals surface area contributed by atoms with Crippen LogP contribution < -0.4 is 5.14 Å². The molecule has 0 aliphatic carbocycles. The molecule has 0 fully saturated rings. The Hall–Kier alpha value is -0.100. The number of hydrogen-bond acceptors (Lipinski definition) is 4. The summed E-state index contributed by atoms with van der Waals surface area (Å²) < 4.78 is 41.8. The van der Waals surface area contributed by atoms with E-state index in [0.29, 0.717) is 0 Å². The molecule has 0 amide bonds. The number of alkyl halides is 1. The smallest absolute Gasteiger partial charge is 0.256 e. The number of primary sulfonamides is 1. The van der Waals surface area contributed by atoms with Gasteiger partial charge in [0.2, 0.25) is 0 Å². The number of rotatable bonds is 2. The SMILES string of the molecule is CC1(I)C=CC(S(=O)O)=C(S(N)(=O)=O)N=C1. The molecular formula is C7H9IN2O4S2. The number of allylic oxidation sites excluding steroid dienone is 2. The van der Waals surface area contributed by atoms with Crippen LogP contribution >= 0.6 is 22.6 Å². The van der Waals surface area contributed by atoms with Crippen molar-refractivity contribution in [2.75, 3.05) is 0 Å². The topological polar surface area (TPSA) is 110 Å². The minimum absolute atomic E-state index is 0.320. The average molecular weight is 376 g/mol.